The van der Waals surface area contributed by atoms with Gasteiger partial charge in [-0.25, -0.2) is 4.79 Å². The van der Waals surface area contributed by atoms with Crippen LogP contribution in [0.25, 0.3) is 0 Å². The number of carboxylic acid groups (broad SMARTS) is 1. The Balaban J connectivity index is 1.89. The van der Waals surface area contributed by atoms with E-state index in [0.717, 1.165) is 32.5 Å². The van der Waals surface area contributed by atoms with Crippen LogP contribution in [0.5, 0.6) is 0 Å². The molecule has 6 nitrogen and oxygen atoms in total. The lowest BCUT2D eigenvalue weighted by Gasteiger charge is -2.56. The molecule has 2 aliphatic rings. The van der Waals surface area contributed by atoms with E-state index in [-0.39, 0.29) is 17.4 Å². The third-order valence-corrected chi connectivity index (χ3v) is 5.51. The molecule has 138 valence electrons. The molecule has 0 aromatic heterocycles. The summed E-state index contributed by atoms with van der Waals surface area (Å²) in [7, 11) is 1.43. The lowest BCUT2D eigenvalue weighted by Crippen LogP contribution is -2.66. The fraction of sp³-hybridized carbons (Fsp3) is 0.889. The zero-order valence-corrected chi connectivity index (χ0v) is 15.5. The van der Waals surface area contributed by atoms with E-state index in [9.17, 15) is 14.7 Å². The molecule has 0 bridgehead atoms. The van der Waals surface area contributed by atoms with Gasteiger partial charge < -0.3 is 19.6 Å². The second-order valence-electron chi connectivity index (χ2n) is 8.29. The van der Waals surface area contributed by atoms with Crippen molar-refractivity contribution in [1.82, 2.24) is 9.80 Å². The number of likely N-dealkylation sites (tertiary alicyclic amines) is 2. The molecule has 0 saturated carbocycles. The van der Waals surface area contributed by atoms with Crippen molar-refractivity contribution in [2.75, 3.05) is 33.3 Å². The average molecular weight is 340 g/mol. The maximum Gasteiger partial charge on any atom is 0.407 e. The zero-order valence-electron chi connectivity index (χ0n) is 15.5. The summed E-state index contributed by atoms with van der Waals surface area (Å²) in [5, 5.41) is 9.40. The van der Waals surface area contributed by atoms with Gasteiger partial charge in [0, 0.05) is 31.5 Å². The van der Waals surface area contributed by atoms with Crippen LogP contribution >= 0.6 is 0 Å². The molecule has 0 spiro atoms. The second kappa shape index (κ2) is 7.72. The quantitative estimate of drug-likeness (QED) is 0.779. The van der Waals surface area contributed by atoms with Crippen LogP contribution in [0.4, 0.5) is 4.79 Å². The molecule has 1 N–H and O–H groups in total. The van der Waals surface area contributed by atoms with Gasteiger partial charge in [0.05, 0.1) is 7.11 Å². The van der Waals surface area contributed by atoms with Gasteiger partial charge in [-0.05, 0) is 43.7 Å². The van der Waals surface area contributed by atoms with Crippen LogP contribution in [0.3, 0.4) is 0 Å². The maximum absolute atomic E-state index is 11.4. The summed E-state index contributed by atoms with van der Waals surface area (Å²) in [5.74, 6) is 0.855. The van der Waals surface area contributed by atoms with Crippen molar-refractivity contribution in [2.45, 2.75) is 52.5 Å². The van der Waals surface area contributed by atoms with Gasteiger partial charge in [0.2, 0.25) is 0 Å². The number of ether oxygens (including phenoxy) is 1. The largest absolute Gasteiger partial charge is 0.469 e. The van der Waals surface area contributed by atoms with E-state index in [1.165, 1.54) is 13.5 Å². The molecule has 0 aromatic rings. The van der Waals surface area contributed by atoms with E-state index < -0.39 is 6.09 Å². The Kier molecular flexibility index (Phi) is 6.12. The van der Waals surface area contributed by atoms with E-state index >= 15 is 0 Å². The number of hydrogen-bond acceptors (Lipinski definition) is 4. The van der Waals surface area contributed by atoms with E-state index in [1.54, 1.807) is 4.90 Å². The monoisotopic (exact) mass is 340 g/mol. The molecule has 6 heteroatoms. The highest BCUT2D eigenvalue weighted by Crippen LogP contribution is 2.44. The third-order valence-electron chi connectivity index (χ3n) is 5.51. The van der Waals surface area contributed by atoms with Gasteiger partial charge in [0.1, 0.15) is 0 Å². The number of hydrogen-bond donors (Lipinski definition) is 1. The van der Waals surface area contributed by atoms with Crippen molar-refractivity contribution < 1.29 is 19.4 Å². The minimum atomic E-state index is -0.795. The molecule has 2 rings (SSSR count). The number of esters is 1. The number of amides is 1. The molecule has 3 atom stereocenters. The molecular weight excluding hydrogens is 308 g/mol. The highest BCUT2D eigenvalue weighted by Gasteiger charge is 2.51. The number of nitrogens with zero attached hydrogens (tertiary/aromatic N) is 2. The molecule has 24 heavy (non-hydrogen) atoms. The minimum Gasteiger partial charge on any atom is -0.469 e. The maximum atomic E-state index is 11.4. The molecule has 2 heterocycles. The van der Waals surface area contributed by atoms with Gasteiger partial charge in [-0.3, -0.25) is 4.79 Å². The third kappa shape index (κ3) is 4.41. The topological polar surface area (TPSA) is 70.1 Å². The second-order valence-corrected chi connectivity index (χ2v) is 8.29. The molecule has 0 radical (unpaired) electrons. The number of carbonyl (C=O) groups excluding carboxylic acids is 1. The summed E-state index contributed by atoms with van der Waals surface area (Å²) in [6.07, 6.45) is 2.84. The van der Waals surface area contributed by atoms with Gasteiger partial charge >= 0.3 is 12.1 Å². The molecule has 2 saturated heterocycles. The van der Waals surface area contributed by atoms with E-state index in [2.05, 4.69) is 25.7 Å². The van der Waals surface area contributed by atoms with E-state index in [0.29, 0.717) is 24.8 Å². The Morgan fingerprint density at radius 3 is 2.54 bits per heavy atom. The van der Waals surface area contributed by atoms with Gasteiger partial charge in [0.25, 0.3) is 0 Å². The first-order valence-electron chi connectivity index (χ1n) is 9.02. The highest BCUT2D eigenvalue weighted by atomic mass is 16.5. The molecule has 1 amide bonds. The van der Waals surface area contributed by atoms with Crippen molar-refractivity contribution in [3.8, 4) is 0 Å². The Morgan fingerprint density at radius 2 is 1.96 bits per heavy atom. The summed E-state index contributed by atoms with van der Waals surface area (Å²) in [6.45, 7) is 10.1. The van der Waals surface area contributed by atoms with Crippen LogP contribution in [-0.4, -0.2) is 66.3 Å². The van der Waals surface area contributed by atoms with Crippen molar-refractivity contribution in [3.05, 3.63) is 0 Å². The Bertz CT molecular complexity index is 460. The smallest absolute Gasteiger partial charge is 0.407 e. The first-order valence-corrected chi connectivity index (χ1v) is 9.02. The lowest BCUT2D eigenvalue weighted by atomic mass is 9.66. The molecular formula is C18H32N2O4. The van der Waals surface area contributed by atoms with Gasteiger partial charge in [-0.15, -0.1) is 0 Å². The minimum absolute atomic E-state index is 0.0333. The summed E-state index contributed by atoms with van der Waals surface area (Å²) < 4.78 is 4.69. The number of piperidine rings is 1. The summed E-state index contributed by atoms with van der Waals surface area (Å²) in [5.41, 5.74) is -0.0333. The summed E-state index contributed by atoms with van der Waals surface area (Å²) in [6, 6.07) is 0.106. The normalized spacial score (nSPS) is 28.3. The fourth-order valence-electron chi connectivity index (χ4n) is 4.44. The zero-order chi connectivity index (χ0) is 17.9. The average Bonchev–Trinajstić information content (AvgIpc) is 2.44. The molecule has 2 aliphatic heterocycles. The van der Waals surface area contributed by atoms with Crippen LogP contribution in [0.15, 0.2) is 0 Å². The van der Waals surface area contributed by atoms with Crippen molar-refractivity contribution in [1.29, 1.82) is 0 Å². The molecule has 0 aromatic carbocycles. The van der Waals surface area contributed by atoms with Crippen LogP contribution in [0.1, 0.15) is 46.5 Å². The first kappa shape index (κ1) is 19.0. The fourth-order valence-corrected chi connectivity index (χ4v) is 4.44. The van der Waals surface area contributed by atoms with Gasteiger partial charge in [-0.1, -0.05) is 20.8 Å². The molecule has 3 unspecified atom stereocenters. The summed E-state index contributed by atoms with van der Waals surface area (Å²) in [4.78, 5) is 26.7. The Labute approximate surface area is 145 Å². The van der Waals surface area contributed by atoms with Gasteiger partial charge in [-0.2, -0.15) is 0 Å². The Morgan fingerprint density at radius 1 is 1.25 bits per heavy atom. The van der Waals surface area contributed by atoms with Crippen LogP contribution in [0, 0.1) is 17.3 Å². The van der Waals surface area contributed by atoms with E-state index in [4.69, 9.17) is 4.74 Å². The predicted octanol–water partition coefficient (Wildman–Crippen LogP) is 2.68. The van der Waals surface area contributed by atoms with E-state index in [1.807, 2.05) is 0 Å². The molecule has 0 aliphatic carbocycles. The summed E-state index contributed by atoms with van der Waals surface area (Å²) >= 11 is 0. The molecule has 2 fully saturated rings. The van der Waals surface area contributed by atoms with Gasteiger partial charge in [0.15, 0.2) is 0 Å². The first-order chi connectivity index (χ1) is 11.2. The van der Waals surface area contributed by atoms with Crippen molar-refractivity contribution in [2.24, 2.45) is 17.3 Å². The highest BCUT2D eigenvalue weighted by molar-refractivity contribution is 5.69. The van der Waals surface area contributed by atoms with Crippen molar-refractivity contribution in [3.63, 3.8) is 0 Å². The van der Waals surface area contributed by atoms with Crippen LogP contribution in [-0.2, 0) is 9.53 Å². The van der Waals surface area contributed by atoms with Crippen LogP contribution < -0.4 is 0 Å². The standard InChI is InChI=1S/C18H32N2O4/c1-18(2,3)16-14(12-20(16)17(22)23)13-7-5-9-19(11-13)10-6-8-15(21)24-4/h13-14,16H,5-12H2,1-4H3,(H,22,23). The lowest BCUT2D eigenvalue weighted by molar-refractivity contribution is -0.140. The Hall–Kier alpha value is -1.30. The SMILES string of the molecule is COC(=O)CCCN1CCCC(C2CN(C(=O)O)C2C(C)(C)C)C1. The number of rotatable bonds is 5. The predicted molar refractivity (Wildman–Crippen MR) is 91.9 cm³/mol. The van der Waals surface area contributed by atoms with Crippen molar-refractivity contribution >= 4 is 12.1 Å². The number of carbonyl (C=O) groups is 2. The van der Waals surface area contributed by atoms with Crippen LogP contribution in [0.2, 0.25) is 0 Å². The number of methoxy groups -OCH3 is 1.